The van der Waals surface area contributed by atoms with E-state index in [2.05, 4.69) is 4.98 Å². The summed E-state index contributed by atoms with van der Waals surface area (Å²) in [7, 11) is -4.04. The number of H-pyrrole nitrogens is 1. The summed E-state index contributed by atoms with van der Waals surface area (Å²) in [6, 6.07) is 25.7. The second-order valence-corrected chi connectivity index (χ2v) is 32.1. The fourth-order valence-corrected chi connectivity index (χ4v) is 12.1. The molecule has 0 radical (unpaired) electrons. The number of aliphatic hydroxyl groups is 1. The van der Waals surface area contributed by atoms with E-state index in [0.29, 0.717) is 47.5 Å². The molecule has 3 aromatic heterocycles. The molecule has 3 saturated heterocycles. The third-order valence-corrected chi connectivity index (χ3v) is 17.7. The standard InChI is InChI=1S/C29H40N2O12S.C29H40N2O10.C19H24N2O6/c1-18-9-11-20(12-10-18)44(36,37)40-14-13-38-21-15-23(41-22(21)17-39-27(35)43-29(6,7)8)30-16-19(2)24(32)31(25(30)33)26(34)42-28(3,4)5;1-19-16-30(25(33)31(24(19)32)26(34)40-28(2,3)4)23-15-21(22(39-23)18-38-27(35)41-29(5,6)7)37-14-13-36-17-20-11-9-8-10-12-20;1-13-10-21(19(24)20-18(13)23)17-9-15(16(11-22)27-17)26-8-7-25-12-14-5-3-2-4-6-14/h9-12,16,21-23H,13-15,17H2,1-8H3;8-12,16,21-23H,13-15,17-18H2,1-7H3;2-6,10,15-17,22H,7-9,11-12H2,1H3,(H,20,23,24)/t2*21-,22-,23-;15-,16-,17-/m111/s1. The Bertz CT molecular complexity index is 4620. The molecule has 34 nitrogen and oxygen atoms in total. The highest BCUT2D eigenvalue weighted by molar-refractivity contribution is 7.86. The summed E-state index contributed by atoms with van der Waals surface area (Å²) >= 11 is 0. The minimum Gasteiger partial charge on any atom is -0.443 e. The first-order chi connectivity index (χ1) is 52.5. The maximum atomic E-state index is 13.3. The molecule has 3 aliphatic rings. The number of hydrogen-bond acceptors (Lipinski definition) is 28. The van der Waals surface area contributed by atoms with Crippen molar-refractivity contribution in [3.63, 3.8) is 0 Å². The van der Waals surface area contributed by atoms with Gasteiger partial charge < -0.3 is 71.4 Å². The lowest BCUT2D eigenvalue weighted by molar-refractivity contribution is -0.0857. The monoisotopic (exact) mass is 1590 g/mol. The lowest BCUT2D eigenvalue weighted by atomic mass is 10.2. The Kier molecular flexibility index (Phi) is 32.1. The number of aromatic nitrogens is 6. The lowest BCUT2D eigenvalue weighted by Gasteiger charge is -2.22. The van der Waals surface area contributed by atoms with Gasteiger partial charge in [0, 0.05) is 54.5 Å². The Hall–Kier alpha value is -9.27. The number of ether oxygens (including phenoxy) is 14. The summed E-state index contributed by atoms with van der Waals surface area (Å²) in [6.45, 7) is 27.1. The molecule has 3 aliphatic heterocycles. The molecule has 3 fully saturated rings. The fraction of sp³-hybridized carbons (Fsp3) is 0.558. The zero-order valence-corrected chi connectivity index (χ0v) is 66.8. The number of nitrogens with one attached hydrogen (secondary N) is 1. The summed E-state index contributed by atoms with van der Waals surface area (Å²) in [5.41, 5.74) is -4.35. The Morgan fingerprint density at radius 2 is 0.839 bits per heavy atom. The van der Waals surface area contributed by atoms with Crippen LogP contribution in [0.1, 0.15) is 154 Å². The highest BCUT2D eigenvalue weighted by Crippen LogP contribution is 2.34. The molecule has 0 saturated carbocycles. The van der Waals surface area contributed by atoms with Gasteiger partial charge in [-0.1, -0.05) is 78.4 Å². The smallest absolute Gasteiger partial charge is 0.443 e. The van der Waals surface area contributed by atoms with Gasteiger partial charge in [-0.3, -0.25) is 37.3 Å². The van der Waals surface area contributed by atoms with Gasteiger partial charge in [-0.15, -0.1) is 0 Å². The molecule has 2 N–H and O–H groups in total. The maximum Gasteiger partial charge on any atom is 0.508 e. The predicted molar refractivity (Wildman–Crippen MR) is 401 cm³/mol. The Labute approximate surface area is 647 Å². The summed E-state index contributed by atoms with van der Waals surface area (Å²) < 4.78 is 113. The van der Waals surface area contributed by atoms with Crippen LogP contribution in [0.2, 0.25) is 0 Å². The summed E-state index contributed by atoms with van der Waals surface area (Å²) in [5, 5.41) is 9.54. The summed E-state index contributed by atoms with van der Waals surface area (Å²) in [4.78, 5) is 128. The van der Waals surface area contributed by atoms with E-state index in [9.17, 15) is 61.5 Å². The molecule has 0 bridgehead atoms. The van der Waals surface area contributed by atoms with Crippen molar-refractivity contribution in [1.82, 2.24) is 27.8 Å². The Balaban J connectivity index is 0.000000239. The average Bonchev–Trinajstić information content (AvgIpc) is 1.44. The van der Waals surface area contributed by atoms with E-state index in [4.69, 9.17) is 70.5 Å². The number of hydrogen-bond donors (Lipinski definition) is 2. The van der Waals surface area contributed by atoms with E-state index in [1.54, 1.807) is 102 Å². The minimum atomic E-state index is -4.04. The zero-order valence-electron chi connectivity index (χ0n) is 66.0. The van der Waals surface area contributed by atoms with E-state index in [1.165, 1.54) is 49.1 Å². The molecule has 616 valence electrons. The van der Waals surface area contributed by atoms with Crippen molar-refractivity contribution in [2.45, 2.75) is 226 Å². The van der Waals surface area contributed by atoms with Gasteiger partial charge in [0.1, 0.15) is 72.6 Å². The van der Waals surface area contributed by atoms with Crippen molar-refractivity contribution in [2.75, 3.05) is 59.5 Å². The van der Waals surface area contributed by atoms with Crippen LogP contribution in [0.4, 0.5) is 19.2 Å². The van der Waals surface area contributed by atoms with E-state index in [0.717, 1.165) is 25.8 Å². The van der Waals surface area contributed by atoms with E-state index >= 15 is 0 Å². The fourth-order valence-electron chi connectivity index (χ4n) is 11.2. The second-order valence-electron chi connectivity index (χ2n) is 30.4. The first-order valence-corrected chi connectivity index (χ1v) is 37.7. The molecule has 9 atom stereocenters. The SMILES string of the molecule is Cc1ccc(S(=O)(=O)OCCO[C@@H]2C[C@H](n3cc(C)c(=O)n(C(=O)OC(C)(C)C)c3=O)O[C@@H]2COC(=O)OC(C)(C)C)cc1.Cc1cn([C@H]2C[C@@H](OCCOCc3ccccc3)[C@@H](CO)O2)c(=O)[nH]c1=O.Cc1cn([C@H]2C[C@@H](OCCOCc3ccccc3)[C@@H](COC(=O)OC(C)(C)C)O2)c(=O)n(C(=O)OC(C)(C)C)c1=O. The topological polar surface area (TPSA) is 404 Å². The first-order valence-electron chi connectivity index (χ1n) is 36.3. The van der Waals surface area contributed by atoms with Gasteiger partial charge in [0.2, 0.25) is 0 Å². The number of aromatic amines is 1. The number of aryl methyl sites for hydroxylation is 4. The normalized spacial score (nSPS) is 19.8. The molecule has 35 heteroatoms. The summed E-state index contributed by atoms with van der Waals surface area (Å²) in [6.07, 6.45) is -6.02. The summed E-state index contributed by atoms with van der Waals surface area (Å²) in [5.74, 6) is 0. The van der Waals surface area contributed by atoms with Crippen LogP contribution >= 0.6 is 0 Å². The average molecular weight is 1590 g/mol. The number of rotatable bonds is 26. The Morgan fingerprint density at radius 1 is 0.473 bits per heavy atom. The van der Waals surface area contributed by atoms with Crippen LogP contribution in [0, 0.1) is 27.7 Å². The molecule has 6 heterocycles. The first kappa shape index (κ1) is 89.9. The molecule has 0 aliphatic carbocycles. The molecular weight excluding hydrogens is 1490 g/mol. The van der Waals surface area contributed by atoms with E-state index < -0.39 is 140 Å². The molecule has 9 rings (SSSR count). The maximum absolute atomic E-state index is 13.3. The van der Waals surface area contributed by atoms with Crippen molar-refractivity contribution < 1.29 is 103 Å². The van der Waals surface area contributed by atoms with Gasteiger partial charge in [-0.2, -0.15) is 17.6 Å². The molecular formula is C77H104N6O28S. The Morgan fingerprint density at radius 3 is 1.23 bits per heavy atom. The van der Waals surface area contributed by atoms with Crippen LogP contribution in [0.5, 0.6) is 0 Å². The predicted octanol–water partition coefficient (Wildman–Crippen LogP) is 8.11. The van der Waals surface area contributed by atoms with Crippen LogP contribution in [0.15, 0.2) is 137 Å². The largest absolute Gasteiger partial charge is 0.508 e. The van der Waals surface area contributed by atoms with Crippen molar-refractivity contribution in [3.05, 3.63) is 199 Å². The van der Waals surface area contributed by atoms with Crippen molar-refractivity contribution in [3.8, 4) is 0 Å². The molecule has 3 aromatic carbocycles. The van der Waals surface area contributed by atoms with Gasteiger partial charge in [0.05, 0.1) is 82.7 Å². The number of aliphatic hydroxyl groups excluding tert-OH is 1. The van der Waals surface area contributed by atoms with Crippen LogP contribution in [-0.4, -0.2) is 184 Å². The highest BCUT2D eigenvalue weighted by atomic mass is 32.2. The van der Waals surface area contributed by atoms with Crippen LogP contribution < -0.4 is 33.7 Å². The molecule has 0 amide bonds. The van der Waals surface area contributed by atoms with Gasteiger partial charge in [-0.25, -0.2) is 33.6 Å². The number of benzene rings is 3. The molecule has 0 spiro atoms. The van der Waals surface area contributed by atoms with Crippen LogP contribution in [0.3, 0.4) is 0 Å². The van der Waals surface area contributed by atoms with Crippen LogP contribution in [0.25, 0.3) is 0 Å². The molecule has 0 unspecified atom stereocenters. The van der Waals surface area contributed by atoms with Crippen LogP contribution in [-0.2, 0) is 93.8 Å². The number of carbonyl (C=O) groups excluding carboxylic acids is 4. The third kappa shape index (κ3) is 27.5. The van der Waals surface area contributed by atoms with Gasteiger partial charge >= 0.3 is 41.6 Å². The van der Waals surface area contributed by atoms with Gasteiger partial charge in [-0.05, 0) is 134 Å². The van der Waals surface area contributed by atoms with Crippen molar-refractivity contribution in [1.29, 1.82) is 0 Å². The van der Waals surface area contributed by atoms with Crippen molar-refractivity contribution >= 4 is 34.6 Å². The van der Waals surface area contributed by atoms with E-state index in [1.807, 2.05) is 67.6 Å². The molecule has 6 aromatic rings. The lowest BCUT2D eigenvalue weighted by Crippen LogP contribution is -2.47. The third-order valence-electron chi connectivity index (χ3n) is 16.3. The van der Waals surface area contributed by atoms with Gasteiger partial charge in [0.15, 0.2) is 0 Å². The highest BCUT2D eigenvalue weighted by Gasteiger charge is 2.43. The minimum absolute atomic E-state index is 0.00847. The number of nitrogens with zero attached hydrogens (tertiary/aromatic N) is 5. The van der Waals surface area contributed by atoms with E-state index in [-0.39, 0.29) is 81.2 Å². The quantitative estimate of drug-likeness (QED) is 0.0224. The number of carbonyl (C=O) groups is 4. The zero-order chi connectivity index (χ0) is 82.6. The van der Waals surface area contributed by atoms with Gasteiger partial charge in [0.25, 0.3) is 26.8 Å². The second kappa shape index (κ2) is 40.0. The van der Waals surface area contributed by atoms with Crippen molar-refractivity contribution in [2.24, 2.45) is 0 Å². The molecule has 112 heavy (non-hydrogen) atoms.